The molecular formula is C15H32O2. The fourth-order valence-corrected chi connectivity index (χ4v) is 2.21. The Morgan fingerprint density at radius 3 is 1.59 bits per heavy atom. The molecule has 0 aromatic rings. The van der Waals surface area contributed by atoms with Gasteiger partial charge in [-0.1, -0.05) is 64.7 Å². The second-order valence-corrected chi connectivity index (χ2v) is 5.15. The first-order valence-electron chi connectivity index (χ1n) is 7.56. The Morgan fingerprint density at radius 1 is 0.706 bits per heavy atom. The molecular weight excluding hydrogens is 212 g/mol. The third-order valence-corrected chi connectivity index (χ3v) is 3.61. The van der Waals surface area contributed by atoms with E-state index in [9.17, 15) is 0 Å². The SMILES string of the molecule is CCC(CO)CCCCCCCCCCCO. The molecule has 2 N–H and O–H groups in total. The topological polar surface area (TPSA) is 40.5 Å². The van der Waals surface area contributed by atoms with Gasteiger partial charge in [0, 0.05) is 13.2 Å². The molecule has 0 rings (SSSR count). The number of unbranched alkanes of at least 4 members (excludes halogenated alkanes) is 8. The van der Waals surface area contributed by atoms with E-state index in [1.807, 2.05) is 0 Å². The Bertz CT molecular complexity index is 133. The first kappa shape index (κ1) is 16.9. The van der Waals surface area contributed by atoms with Gasteiger partial charge < -0.3 is 10.2 Å². The van der Waals surface area contributed by atoms with E-state index in [1.165, 1.54) is 57.8 Å². The van der Waals surface area contributed by atoms with Crippen molar-refractivity contribution < 1.29 is 10.2 Å². The molecule has 0 aromatic carbocycles. The minimum absolute atomic E-state index is 0.351. The van der Waals surface area contributed by atoms with Crippen LogP contribution in [-0.4, -0.2) is 23.4 Å². The Kier molecular flexibility index (Phi) is 13.9. The molecule has 0 aliphatic carbocycles. The van der Waals surface area contributed by atoms with Crippen LogP contribution in [0.3, 0.4) is 0 Å². The van der Waals surface area contributed by atoms with Crippen LogP contribution in [0.5, 0.6) is 0 Å². The highest BCUT2D eigenvalue weighted by molar-refractivity contribution is 4.55. The van der Waals surface area contributed by atoms with Gasteiger partial charge in [-0.3, -0.25) is 0 Å². The average molecular weight is 244 g/mol. The summed E-state index contributed by atoms with van der Waals surface area (Å²) in [6.07, 6.45) is 13.7. The smallest absolute Gasteiger partial charge is 0.0459 e. The molecule has 0 aromatic heterocycles. The van der Waals surface area contributed by atoms with Gasteiger partial charge in [0.15, 0.2) is 0 Å². The van der Waals surface area contributed by atoms with Crippen LogP contribution in [0.2, 0.25) is 0 Å². The van der Waals surface area contributed by atoms with Gasteiger partial charge in [-0.25, -0.2) is 0 Å². The van der Waals surface area contributed by atoms with Crippen LogP contribution in [0.4, 0.5) is 0 Å². The van der Waals surface area contributed by atoms with Gasteiger partial charge in [0.25, 0.3) is 0 Å². The lowest BCUT2D eigenvalue weighted by Crippen LogP contribution is -2.03. The Balaban J connectivity index is 3.03. The number of hydrogen-bond acceptors (Lipinski definition) is 2. The monoisotopic (exact) mass is 244 g/mol. The van der Waals surface area contributed by atoms with Crippen LogP contribution in [0.15, 0.2) is 0 Å². The molecule has 104 valence electrons. The summed E-state index contributed by atoms with van der Waals surface area (Å²) in [5.41, 5.74) is 0. The molecule has 0 radical (unpaired) electrons. The molecule has 0 fully saturated rings. The van der Waals surface area contributed by atoms with Crippen molar-refractivity contribution in [2.75, 3.05) is 13.2 Å². The Hall–Kier alpha value is -0.0800. The van der Waals surface area contributed by atoms with E-state index in [2.05, 4.69) is 6.92 Å². The van der Waals surface area contributed by atoms with Crippen LogP contribution >= 0.6 is 0 Å². The fourth-order valence-electron chi connectivity index (χ4n) is 2.21. The lowest BCUT2D eigenvalue weighted by Gasteiger charge is -2.10. The molecule has 0 aliphatic rings. The molecule has 1 atom stereocenters. The van der Waals surface area contributed by atoms with E-state index in [0.717, 1.165) is 12.8 Å². The van der Waals surface area contributed by atoms with Crippen molar-refractivity contribution in [3.05, 3.63) is 0 Å². The standard InChI is InChI=1S/C15H32O2/c1-2-15(14-17)12-10-8-6-4-3-5-7-9-11-13-16/h15-17H,2-14H2,1H3. The summed E-state index contributed by atoms with van der Waals surface area (Å²) in [5, 5.41) is 17.7. The third kappa shape index (κ3) is 12.2. The van der Waals surface area contributed by atoms with E-state index < -0.39 is 0 Å². The lowest BCUT2D eigenvalue weighted by molar-refractivity contribution is 0.211. The van der Waals surface area contributed by atoms with E-state index in [1.54, 1.807) is 0 Å². The molecule has 0 aliphatic heterocycles. The lowest BCUT2D eigenvalue weighted by atomic mass is 9.98. The molecule has 0 heterocycles. The van der Waals surface area contributed by atoms with Crippen LogP contribution in [0.1, 0.15) is 77.6 Å². The summed E-state index contributed by atoms with van der Waals surface area (Å²) in [7, 11) is 0. The van der Waals surface area contributed by atoms with E-state index in [4.69, 9.17) is 10.2 Å². The maximum atomic E-state index is 9.05. The van der Waals surface area contributed by atoms with Gasteiger partial charge in [0.05, 0.1) is 0 Å². The van der Waals surface area contributed by atoms with Crippen LogP contribution < -0.4 is 0 Å². The van der Waals surface area contributed by atoms with Crippen molar-refractivity contribution in [3.8, 4) is 0 Å². The van der Waals surface area contributed by atoms with Crippen molar-refractivity contribution in [2.45, 2.75) is 77.6 Å². The number of aliphatic hydroxyl groups is 2. The van der Waals surface area contributed by atoms with Crippen molar-refractivity contribution in [3.63, 3.8) is 0 Å². The van der Waals surface area contributed by atoms with E-state index >= 15 is 0 Å². The normalized spacial score (nSPS) is 12.9. The van der Waals surface area contributed by atoms with Gasteiger partial charge >= 0.3 is 0 Å². The van der Waals surface area contributed by atoms with Crippen LogP contribution in [0, 0.1) is 5.92 Å². The average Bonchev–Trinajstić information content (AvgIpc) is 2.36. The maximum Gasteiger partial charge on any atom is 0.0459 e. The zero-order chi connectivity index (χ0) is 12.8. The van der Waals surface area contributed by atoms with Gasteiger partial charge in [-0.2, -0.15) is 0 Å². The molecule has 0 amide bonds. The molecule has 0 saturated heterocycles. The van der Waals surface area contributed by atoms with Gasteiger partial charge in [0.2, 0.25) is 0 Å². The largest absolute Gasteiger partial charge is 0.396 e. The van der Waals surface area contributed by atoms with E-state index in [0.29, 0.717) is 19.1 Å². The highest BCUT2D eigenvalue weighted by Crippen LogP contribution is 2.15. The first-order valence-corrected chi connectivity index (χ1v) is 7.56. The summed E-state index contributed by atoms with van der Waals surface area (Å²) in [6.45, 7) is 2.87. The fraction of sp³-hybridized carbons (Fsp3) is 1.00. The molecule has 1 unspecified atom stereocenters. The van der Waals surface area contributed by atoms with Gasteiger partial charge in [0.1, 0.15) is 0 Å². The van der Waals surface area contributed by atoms with Gasteiger partial charge in [-0.15, -0.1) is 0 Å². The molecule has 2 nitrogen and oxygen atoms in total. The second-order valence-electron chi connectivity index (χ2n) is 5.15. The molecule has 17 heavy (non-hydrogen) atoms. The summed E-state index contributed by atoms with van der Waals surface area (Å²) < 4.78 is 0. The van der Waals surface area contributed by atoms with Crippen molar-refractivity contribution in [1.29, 1.82) is 0 Å². The van der Waals surface area contributed by atoms with Gasteiger partial charge in [-0.05, 0) is 18.8 Å². The minimum Gasteiger partial charge on any atom is -0.396 e. The van der Waals surface area contributed by atoms with Crippen molar-refractivity contribution >= 4 is 0 Å². The summed E-state index contributed by atoms with van der Waals surface area (Å²) in [4.78, 5) is 0. The molecule has 0 saturated carbocycles. The van der Waals surface area contributed by atoms with E-state index in [-0.39, 0.29) is 0 Å². The van der Waals surface area contributed by atoms with Crippen molar-refractivity contribution in [1.82, 2.24) is 0 Å². The number of hydrogen-bond donors (Lipinski definition) is 2. The Labute approximate surface area is 107 Å². The summed E-state index contributed by atoms with van der Waals surface area (Å²) in [5.74, 6) is 0.536. The predicted molar refractivity (Wildman–Crippen MR) is 74.1 cm³/mol. The van der Waals surface area contributed by atoms with Crippen LogP contribution in [0.25, 0.3) is 0 Å². The highest BCUT2D eigenvalue weighted by Gasteiger charge is 2.03. The summed E-state index contributed by atoms with van der Waals surface area (Å²) >= 11 is 0. The second kappa shape index (κ2) is 14.0. The molecule has 2 heteroatoms. The summed E-state index contributed by atoms with van der Waals surface area (Å²) in [6, 6.07) is 0. The van der Waals surface area contributed by atoms with Crippen molar-refractivity contribution in [2.24, 2.45) is 5.92 Å². The minimum atomic E-state index is 0.351. The Morgan fingerprint density at radius 2 is 1.18 bits per heavy atom. The first-order chi connectivity index (χ1) is 8.35. The molecule has 0 bridgehead atoms. The molecule has 0 spiro atoms. The zero-order valence-electron chi connectivity index (χ0n) is 11.7. The third-order valence-electron chi connectivity index (χ3n) is 3.61. The number of rotatable bonds is 13. The zero-order valence-corrected chi connectivity index (χ0v) is 11.7. The predicted octanol–water partition coefficient (Wildman–Crippen LogP) is 3.90. The maximum absolute atomic E-state index is 9.05. The van der Waals surface area contributed by atoms with Crippen LogP contribution in [-0.2, 0) is 0 Å². The highest BCUT2D eigenvalue weighted by atomic mass is 16.3. The quantitative estimate of drug-likeness (QED) is 0.482. The number of aliphatic hydroxyl groups excluding tert-OH is 2.